The van der Waals surface area contributed by atoms with Crippen molar-refractivity contribution < 1.29 is 14.6 Å². The predicted octanol–water partition coefficient (Wildman–Crippen LogP) is 2.14. The van der Waals surface area contributed by atoms with Crippen molar-refractivity contribution in [3.05, 3.63) is 34.9 Å². The van der Waals surface area contributed by atoms with Crippen molar-refractivity contribution in [3.8, 4) is 29.1 Å². The Morgan fingerprint density at radius 3 is 2.92 bits per heavy atom. The minimum absolute atomic E-state index is 0.0822. The first-order valence-electron chi connectivity index (χ1n) is 12.0. The summed E-state index contributed by atoms with van der Waals surface area (Å²) in [7, 11) is 3.86. The molecule has 4 aromatic heterocycles. The zero-order valence-electron chi connectivity index (χ0n) is 21.3. The number of aliphatic hydroxyl groups excluding tert-OH is 1. The Kier molecular flexibility index (Phi) is 6.64. The lowest BCUT2D eigenvalue weighted by Crippen LogP contribution is -2.32. The number of aromatic nitrogens is 7. The van der Waals surface area contributed by atoms with Crippen molar-refractivity contribution in [2.75, 3.05) is 26.8 Å². The van der Waals surface area contributed by atoms with Crippen molar-refractivity contribution in [3.63, 3.8) is 0 Å². The Hall–Kier alpha value is -4.21. The van der Waals surface area contributed by atoms with Gasteiger partial charge in [0, 0.05) is 25.5 Å². The van der Waals surface area contributed by atoms with Crippen molar-refractivity contribution in [2.45, 2.75) is 33.0 Å². The van der Waals surface area contributed by atoms with Crippen molar-refractivity contribution >= 4 is 23.1 Å². The van der Waals surface area contributed by atoms with E-state index < -0.39 is 0 Å². The first-order chi connectivity index (χ1) is 17.9. The van der Waals surface area contributed by atoms with E-state index in [1.165, 1.54) is 0 Å². The Morgan fingerprint density at radius 1 is 1.30 bits per heavy atom. The number of fused-ring (bicyclic) bond motifs is 4. The van der Waals surface area contributed by atoms with Crippen molar-refractivity contribution in [1.29, 1.82) is 5.26 Å². The van der Waals surface area contributed by atoms with Gasteiger partial charge in [0.05, 0.1) is 58.8 Å². The second-order valence-corrected chi connectivity index (χ2v) is 9.13. The number of hydrogen-bond donors (Lipinski definition) is 2. The van der Waals surface area contributed by atoms with Gasteiger partial charge in [0.15, 0.2) is 6.61 Å². The van der Waals surface area contributed by atoms with Crippen LogP contribution in [-0.2, 0) is 20.1 Å². The van der Waals surface area contributed by atoms with Gasteiger partial charge in [-0.05, 0) is 39.1 Å². The van der Waals surface area contributed by atoms with E-state index in [9.17, 15) is 5.11 Å². The third-order valence-electron chi connectivity index (χ3n) is 6.26. The van der Waals surface area contributed by atoms with Crippen LogP contribution in [0.25, 0.3) is 34.3 Å². The number of ether oxygens (including phenoxy) is 2. The quantitative estimate of drug-likeness (QED) is 0.428. The second kappa shape index (κ2) is 10.0. The highest BCUT2D eigenvalue weighted by Gasteiger charge is 2.24. The number of hydrogen-bond acceptors (Lipinski definition) is 9. The molecule has 0 aromatic carbocycles. The summed E-state index contributed by atoms with van der Waals surface area (Å²) in [6.45, 7) is 5.16. The Morgan fingerprint density at radius 2 is 2.14 bits per heavy atom. The van der Waals surface area contributed by atoms with E-state index in [2.05, 4.69) is 30.3 Å². The first kappa shape index (κ1) is 24.5. The zero-order chi connectivity index (χ0) is 26.1. The SMILES string of the molecule is Cc1nn(C)c2c1-c1cc3c(n[nH]c3cn1)/C=C/c1c(OCC#N)nn(CCO)c1CN(C)C[C@@H](C)O2. The van der Waals surface area contributed by atoms with Crippen LogP contribution in [0.5, 0.6) is 11.8 Å². The summed E-state index contributed by atoms with van der Waals surface area (Å²) < 4.78 is 15.6. The maximum Gasteiger partial charge on any atom is 0.241 e. The molecule has 37 heavy (non-hydrogen) atoms. The molecule has 0 radical (unpaired) electrons. The highest BCUT2D eigenvalue weighted by molar-refractivity contribution is 5.92. The van der Waals surface area contributed by atoms with Gasteiger partial charge >= 0.3 is 0 Å². The van der Waals surface area contributed by atoms with Crippen molar-refractivity contribution in [2.24, 2.45) is 7.05 Å². The molecule has 0 fully saturated rings. The molecule has 5 heterocycles. The van der Waals surface area contributed by atoms with E-state index in [1.807, 2.05) is 52.2 Å². The molecule has 0 unspecified atom stereocenters. The summed E-state index contributed by atoms with van der Waals surface area (Å²) in [6.07, 6.45) is 5.38. The van der Waals surface area contributed by atoms with E-state index in [1.54, 1.807) is 15.6 Å². The monoisotopic (exact) mass is 503 g/mol. The standard InChI is InChI=1S/C25H29N9O3/c1-15-13-32(3)14-22-17(24(36-10-7-26)31-34(22)8-9-35)5-6-19-18-11-20(27-12-21(18)29-28-19)23-16(2)30-33(4)25(23)37-15/h5-6,11-12,15,35H,8-10,13-14H2,1-4H3,(H,28,29)/b6-5+/t15-/m1/s1. The molecule has 0 amide bonds. The molecule has 0 saturated heterocycles. The molecule has 0 aliphatic carbocycles. The van der Waals surface area contributed by atoms with Crippen LogP contribution in [0.15, 0.2) is 12.3 Å². The number of aliphatic hydroxyl groups is 1. The van der Waals surface area contributed by atoms with E-state index in [0.717, 1.165) is 39.1 Å². The largest absolute Gasteiger partial charge is 0.473 e. The lowest BCUT2D eigenvalue weighted by molar-refractivity contribution is 0.146. The number of nitriles is 1. The Balaban J connectivity index is 1.70. The lowest BCUT2D eigenvalue weighted by Gasteiger charge is -2.23. The van der Waals surface area contributed by atoms with Gasteiger partial charge in [-0.3, -0.25) is 19.7 Å². The minimum Gasteiger partial charge on any atom is -0.473 e. The van der Waals surface area contributed by atoms with Crippen LogP contribution in [0.4, 0.5) is 0 Å². The van der Waals surface area contributed by atoms with E-state index in [-0.39, 0.29) is 19.3 Å². The third kappa shape index (κ3) is 4.66. The number of nitrogens with zero attached hydrogens (tertiary/aromatic N) is 8. The fraction of sp³-hybridized carbons (Fsp3) is 0.400. The number of nitrogens with one attached hydrogen (secondary N) is 1. The number of H-pyrrole nitrogens is 1. The topological polar surface area (TPSA) is 143 Å². The van der Waals surface area contributed by atoms with E-state index >= 15 is 0 Å². The summed E-state index contributed by atoms with van der Waals surface area (Å²) in [5, 5.41) is 36.3. The molecule has 0 saturated carbocycles. The lowest BCUT2D eigenvalue weighted by atomic mass is 10.1. The highest BCUT2D eigenvalue weighted by atomic mass is 16.5. The summed E-state index contributed by atoms with van der Waals surface area (Å²) in [6, 6.07) is 3.98. The van der Waals surface area contributed by atoms with Crippen molar-refractivity contribution in [1.82, 2.24) is 39.6 Å². The average Bonchev–Trinajstić information content (AvgIpc) is 3.49. The average molecular weight is 504 g/mol. The van der Waals surface area contributed by atoms with E-state index in [4.69, 9.17) is 14.7 Å². The molecule has 1 aliphatic rings. The van der Waals surface area contributed by atoms with Gasteiger partial charge in [-0.1, -0.05) is 0 Å². The van der Waals surface area contributed by atoms with Gasteiger partial charge in [0.25, 0.3) is 0 Å². The summed E-state index contributed by atoms with van der Waals surface area (Å²) in [5.41, 5.74) is 5.50. The number of likely N-dealkylation sites (N-methyl/N-ethyl adjacent to an activating group) is 1. The number of aryl methyl sites for hydroxylation is 2. The molecule has 2 bridgehead atoms. The maximum atomic E-state index is 9.66. The van der Waals surface area contributed by atoms with Gasteiger partial charge in [0.2, 0.25) is 11.8 Å². The molecular formula is C25H29N9O3. The van der Waals surface area contributed by atoms with Gasteiger partial charge in [-0.15, -0.1) is 5.10 Å². The van der Waals surface area contributed by atoms with Crippen LogP contribution in [0.1, 0.15) is 29.6 Å². The Bertz CT molecular complexity index is 1510. The van der Waals surface area contributed by atoms with Gasteiger partial charge < -0.3 is 14.6 Å². The van der Waals surface area contributed by atoms with Gasteiger partial charge in [-0.2, -0.15) is 15.5 Å². The van der Waals surface area contributed by atoms with Crippen LogP contribution in [0.2, 0.25) is 0 Å². The smallest absolute Gasteiger partial charge is 0.241 e. The summed E-state index contributed by atoms with van der Waals surface area (Å²) in [5.74, 6) is 0.985. The van der Waals surface area contributed by atoms with Crippen LogP contribution in [0, 0.1) is 18.3 Å². The summed E-state index contributed by atoms with van der Waals surface area (Å²) >= 11 is 0. The molecular weight excluding hydrogens is 474 g/mol. The number of rotatable bonds is 4. The number of aromatic amines is 1. The summed E-state index contributed by atoms with van der Waals surface area (Å²) in [4.78, 5) is 6.79. The normalized spacial score (nSPS) is 16.9. The molecule has 12 nitrogen and oxygen atoms in total. The molecule has 2 N–H and O–H groups in total. The van der Waals surface area contributed by atoms with Gasteiger partial charge in [-0.25, -0.2) is 4.68 Å². The first-order valence-corrected chi connectivity index (χ1v) is 12.0. The molecule has 0 spiro atoms. The van der Waals surface area contributed by atoms with Crippen LogP contribution >= 0.6 is 0 Å². The van der Waals surface area contributed by atoms with E-state index in [0.29, 0.717) is 37.1 Å². The Labute approximate surface area is 213 Å². The third-order valence-corrected chi connectivity index (χ3v) is 6.26. The molecule has 192 valence electrons. The number of pyridine rings is 1. The molecule has 4 aromatic rings. The fourth-order valence-corrected chi connectivity index (χ4v) is 4.72. The zero-order valence-corrected chi connectivity index (χ0v) is 21.3. The maximum absolute atomic E-state index is 9.66. The highest BCUT2D eigenvalue weighted by Crippen LogP contribution is 2.35. The van der Waals surface area contributed by atoms with Crippen LogP contribution in [-0.4, -0.2) is 77.7 Å². The molecule has 12 heteroatoms. The second-order valence-electron chi connectivity index (χ2n) is 9.13. The van der Waals surface area contributed by atoms with Crippen LogP contribution < -0.4 is 9.47 Å². The predicted molar refractivity (Wildman–Crippen MR) is 137 cm³/mol. The van der Waals surface area contributed by atoms with Crippen LogP contribution in [0.3, 0.4) is 0 Å². The molecule has 1 aliphatic heterocycles. The minimum atomic E-state index is -0.167. The molecule has 1 atom stereocenters. The fourth-order valence-electron chi connectivity index (χ4n) is 4.72. The molecule has 5 rings (SSSR count). The van der Waals surface area contributed by atoms with Gasteiger partial charge in [0.1, 0.15) is 12.2 Å².